The Kier molecular flexibility index (Phi) is 7.35. The predicted octanol–water partition coefficient (Wildman–Crippen LogP) is 3.14. The molecule has 3 rings (SSSR count). The number of hydrogen-bond acceptors (Lipinski definition) is 4. The summed E-state index contributed by atoms with van der Waals surface area (Å²) in [5.74, 6) is -0.0239. The van der Waals surface area contributed by atoms with E-state index in [2.05, 4.69) is 45.8 Å². The lowest BCUT2D eigenvalue weighted by atomic mass is 10.1. The number of piperazine rings is 1. The Morgan fingerprint density at radius 1 is 0.929 bits per heavy atom. The molecule has 0 radical (unpaired) electrons. The van der Waals surface area contributed by atoms with Crippen molar-refractivity contribution in [3.63, 3.8) is 0 Å². The van der Waals surface area contributed by atoms with E-state index in [0.29, 0.717) is 11.6 Å². The Hall–Kier alpha value is -1.60. The molecule has 0 spiro atoms. The first kappa shape index (κ1) is 21.1. The Bertz CT molecular complexity index is 846. The normalized spacial score (nSPS) is 15.7. The smallest absolute Gasteiger partial charge is 0.215 e. The number of sulfonamides is 1. The van der Waals surface area contributed by atoms with Crippen molar-refractivity contribution >= 4 is 27.3 Å². The molecular formula is C21H28ClN3O2S. The minimum absolute atomic E-state index is 0.0239. The number of aryl methyl sites for hydroxylation is 1. The second-order valence-corrected chi connectivity index (χ2v) is 9.58. The molecule has 152 valence electrons. The lowest BCUT2D eigenvalue weighted by Crippen LogP contribution is -2.44. The minimum atomic E-state index is -3.33. The molecule has 5 nitrogen and oxygen atoms in total. The van der Waals surface area contributed by atoms with Gasteiger partial charge in [-0.3, -0.25) is 0 Å². The van der Waals surface area contributed by atoms with Gasteiger partial charge in [-0.1, -0.05) is 35.9 Å². The van der Waals surface area contributed by atoms with Gasteiger partial charge in [-0.15, -0.1) is 0 Å². The van der Waals surface area contributed by atoms with E-state index in [0.717, 1.165) is 44.6 Å². The summed E-state index contributed by atoms with van der Waals surface area (Å²) in [6.45, 7) is 4.75. The van der Waals surface area contributed by atoms with Gasteiger partial charge in [0.1, 0.15) is 0 Å². The molecule has 7 heteroatoms. The number of likely N-dealkylation sites (N-methyl/N-ethyl adjacent to an activating group) is 1. The van der Waals surface area contributed by atoms with Crippen LogP contribution < -0.4 is 9.62 Å². The summed E-state index contributed by atoms with van der Waals surface area (Å²) in [5.41, 5.74) is 3.23. The molecule has 1 N–H and O–H groups in total. The summed E-state index contributed by atoms with van der Waals surface area (Å²) in [7, 11) is -1.17. The SMILES string of the molecule is CN1CCN(c2ccc(CCCNS(=O)(=O)Cc3ccc(Cl)cc3)cc2)CC1. The quantitative estimate of drug-likeness (QED) is 0.665. The summed E-state index contributed by atoms with van der Waals surface area (Å²) in [6, 6.07) is 15.5. The van der Waals surface area contributed by atoms with Crippen LogP contribution in [0.1, 0.15) is 17.5 Å². The fourth-order valence-electron chi connectivity index (χ4n) is 3.31. The van der Waals surface area contributed by atoms with E-state index in [1.54, 1.807) is 24.3 Å². The first-order valence-corrected chi connectivity index (χ1v) is 11.7. The number of benzene rings is 2. The molecule has 0 unspecified atom stereocenters. The number of anilines is 1. The first-order chi connectivity index (χ1) is 13.4. The fraction of sp³-hybridized carbons (Fsp3) is 0.429. The van der Waals surface area contributed by atoms with E-state index < -0.39 is 10.0 Å². The molecule has 1 saturated heterocycles. The van der Waals surface area contributed by atoms with E-state index in [1.165, 1.54) is 11.3 Å². The zero-order valence-corrected chi connectivity index (χ0v) is 17.8. The predicted molar refractivity (Wildman–Crippen MR) is 117 cm³/mol. The Morgan fingerprint density at radius 2 is 1.54 bits per heavy atom. The minimum Gasteiger partial charge on any atom is -0.369 e. The van der Waals surface area contributed by atoms with Crippen molar-refractivity contribution in [3.05, 3.63) is 64.7 Å². The second kappa shape index (κ2) is 9.74. The summed E-state index contributed by atoms with van der Waals surface area (Å²) >= 11 is 5.83. The van der Waals surface area contributed by atoms with Crippen molar-refractivity contribution in [2.75, 3.05) is 44.7 Å². The van der Waals surface area contributed by atoms with Crippen molar-refractivity contribution in [2.45, 2.75) is 18.6 Å². The second-order valence-electron chi connectivity index (χ2n) is 7.34. The molecule has 1 fully saturated rings. The van der Waals surface area contributed by atoms with Crippen LogP contribution >= 0.6 is 11.6 Å². The lowest BCUT2D eigenvalue weighted by Gasteiger charge is -2.34. The van der Waals surface area contributed by atoms with Gasteiger partial charge >= 0.3 is 0 Å². The van der Waals surface area contributed by atoms with E-state index in [9.17, 15) is 8.42 Å². The van der Waals surface area contributed by atoms with Gasteiger partial charge in [-0.05, 0) is 55.3 Å². The van der Waals surface area contributed by atoms with Gasteiger partial charge < -0.3 is 9.80 Å². The molecule has 2 aromatic rings. The molecule has 0 bridgehead atoms. The molecule has 0 amide bonds. The Labute approximate surface area is 173 Å². The van der Waals surface area contributed by atoms with Crippen molar-refractivity contribution in [3.8, 4) is 0 Å². The third-order valence-electron chi connectivity index (χ3n) is 5.04. The van der Waals surface area contributed by atoms with Crippen LogP contribution in [0.2, 0.25) is 5.02 Å². The third kappa shape index (κ3) is 6.48. The highest BCUT2D eigenvalue weighted by Gasteiger charge is 2.14. The van der Waals surface area contributed by atoms with Crippen molar-refractivity contribution in [1.29, 1.82) is 0 Å². The molecule has 0 aromatic heterocycles. The van der Waals surface area contributed by atoms with E-state index in [4.69, 9.17) is 11.6 Å². The average molecular weight is 422 g/mol. The van der Waals surface area contributed by atoms with Crippen LogP contribution in [0, 0.1) is 0 Å². The van der Waals surface area contributed by atoms with Gasteiger partial charge in [0.2, 0.25) is 10.0 Å². The molecule has 28 heavy (non-hydrogen) atoms. The van der Waals surface area contributed by atoms with Gasteiger partial charge in [0.05, 0.1) is 5.75 Å². The highest BCUT2D eigenvalue weighted by atomic mass is 35.5. The van der Waals surface area contributed by atoms with E-state index in [-0.39, 0.29) is 5.75 Å². The molecule has 1 heterocycles. The summed E-state index contributed by atoms with van der Waals surface area (Å²) < 4.78 is 27.1. The fourth-order valence-corrected chi connectivity index (χ4v) is 4.62. The van der Waals surface area contributed by atoms with Crippen molar-refractivity contribution < 1.29 is 8.42 Å². The van der Waals surface area contributed by atoms with Crippen LogP contribution in [0.4, 0.5) is 5.69 Å². The standard InChI is InChI=1S/C21H28ClN3O2S/c1-24-13-15-25(16-14-24)21-10-6-18(7-11-21)3-2-12-23-28(26,27)17-19-4-8-20(22)9-5-19/h4-11,23H,2-3,12-17H2,1H3. The maximum atomic E-state index is 12.2. The van der Waals surface area contributed by atoms with Crippen molar-refractivity contribution in [2.24, 2.45) is 0 Å². The first-order valence-electron chi connectivity index (χ1n) is 9.65. The van der Waals surface area contributed by atoms with E-state index in [1.807, 2.05) is 0 Å². The number of hydrogen-bond donors (Lipinski definition) is 1. The van der Waals surface area contributed by atoms with E-state index >= 15 is 0 Å². The molecule has 1 aliphatic heterocycles. The van der Waals surface area contributed by atoms with Gasteiger partial charge in [0.15, 0.2) is 0 Å². The van der Waals surface area contributed by atoms with Gasteiger partial charge in [-0.25, -0.2) is 13.1 Å². The summed E-state index contributed by atoms with van der Waals surface area (Å²) in [5, 5.41) is 0.604. The van der Waals surface area contributed by atoms with Crippen LogP contribution in [0.25, 0.3) is 0 Å². The van der Waals surface area contributed by atoms with Crippen LogP contribution in [-0.4, -0.2) is 53.1 Å². The molecule has 1 aliphatic rings. The summed E-state index contributed by atoms with van der Waals surface area (Å²) in [6.07, 6.45) is 1.63. The average Bonchev–Trinajstić information content (AvgIpc) is 2.68. The molecule has 0 atom stereocenters. The zero-order valence-electron chi connectivity index (χ0n) is 16.3. The molecular weight excluding hydrogens is 394 g/mol. The maximum absolute atomic E-state index is 12.2. The Morgan fingerprint density at radius 3 is 2.18 bits per heavy atom. The number of nitrogens with one attached hydrogen (secondary N) is 1. The molecule has 0 aliphatic carbocycles. The van der Waals surface area contributed by atoms with Gasteiger partial charge in [-0.2, -0.15) is 0 Å². The highest BCUT2D eigenvalue weighted by Crippen LogP contribution is 2.18. The monoisotopic (exact) mass is 421 g/mol. The Balaban J connectivity index is 1.41. The maximum Gasteiger partial charge on any atom is 0.215 e. The number of nitrogens with zero attached hydrogens (tertiary/aromatic N) is 2. The lowest BCUT2D eigenvalue weighted by molar-refractivity contribution is 0.313. The van der Waals surface area contributed by atoms with Gasteiger partial charge in [0.25, 0.3) is 0 Å². The van der Waals surface area contributed by atoms with Crippen LogP contribution in [0.15, 0.2) is 48.5 Å². The van der Waals surface area contributed by atoms with Crippen LogP contribution in [-0.2, 0) is 22.2 Å². The van der Waals surface area contributed by atoms with Gasteiger partial charge in [0, 0.05) is 43.4 Å². The zero-order chi connectivity index (χ0) is 20.0. The van der Waals surface area contributed by atoms with Crippen LogP contribution in [0.3, 0.4) is 0 Å². The topological polar surface area (TPSA) is 52.6 Å². The number of rotatable bonds is 8. The number of halogens is 1. The van der Waals surface area contributed by atoms with Crippen LogP contribution in [0.5, 0.6) is 0 Å². The van der Waals surface area contributed by atoms with Crippen molar-refractivity contribution in [1.82, 2.24) is 9.62 Å². The third-order valence-corrected chi connectivity index (χ3v) is 6.65. The summed E-state index contributed by atoms with van der Waals surface area (Å²) in [4.78, 5) is 4.76. The highest BCUT2D eigenvalue weighted by molar-refractivity contribution is 7.88. The largest absolute Gasteiger partial charge is 0.369 e. The molecule has 2 aromatic carbocycles. The molecule has 0 saturated carbocycles.